The molecule has 8 atom stereocenters. The third-order valence-electron chi connectivity index (χ3n) is 8.71. The molecule has 0 radical (unpaired) electrons. The molecule has 5 rings (SSSR count). The van der Waals surface area contributed by atoms with Crippen LogP contribution in [-0.2, 0) is 0 Å². The quantitative estimate of drug-likeness (QED) is 0.533. The van der Waals surface area contributed by atoms with Crippen LogP contribution in [0.2, 0.25) is 0 Å². The highest BCUT2D eigenvalue weighted by Gasteiger charge is 2.51. The molecule has 0 aromatic carbocycles. The molecule has 5 fully saturated rings. The zero-order valence-corrected chi connectivity index (χ0v) is 13.1. The van der Waals surface area contributed by atoms with Crippen molar-refractivity contribution in [2.24, 2.45) is 47.3 Å². The van der Waals surface area contributed by atoms with Crippen LogP contribution in [0.5, 0.6) is 0 Å². The maximum absolute atomic E-state index is 1.66. The Morgan fingerprint density at radius 1 is 0.350 bits per heavy atom. The van der Waals surface area contributed by atoms with Crippen molar-refractivity contribution in [2.75, 3.05) is 0 Å². The van der Waals surface area contributed by atoms with E-state index in [-0.39, 0.29) is 0 Å². The second kappa shape index (κ2) is 4.75. The van der Waals surface area contributed by atoms with E-state index in [1.54, 1.807) is 77.0 Å². The number of fused-ring (bicyclic) bond motifs is 6. The van der Waals surface area contributed by atoms with Crippen LogP contribution in [0.25, 0.3) is 0 Å². The second-order valence-corrected chi connectivity index (χ2v) is 9.18. The molecule has 0 aliphatic heterocycles. The van der Waals surface area contributed by atoms with E-state index >= 15 is 0 Å². The van der Waals surface area contributed by atoms with E-state index in [4.69, 9.17) is 0 Å². The minimum atomic E-state index is 1.16. The number of hydrogen-bond acceptors (Lipinski definition) is 0. The first-order chi connectivity index (χ1) is 9.90. The maximum atomic E-state index is 1.66. The van der Waals surface area contributed by atoms with E-state index in [9.17, 15) is 0 Å². The van der Waals surface area contributed by atoms with Gasteiger partial charge in [0.2, 0.25) is 0 Å². The smallest absolute Gasteiger partial charge is 0.0352 e. The molecule has 0 N–H and O–H groups in total. The monoisotopic (exact) mass is 272 g/mol. The van der Waals surface area contributed by atoms with Gasteiger partial charge in [0.05, 0.1) is 0 Å². The zero-order chi connectivity index (χ0) is 13.1. The zero-order valence-electron chi connectivity index (χ0n) is 13.1. The minimum Gasteiger partial charge on any atom is -0.0528 e. The van der Waals surface area contributed by atoms with E-state index in [1.807, 2.05) is 0 Å². The molecule has 0 bridgehead atoms. The van der Waals surface area contributed by atoms with E-state index in [0.717, 1.165) is 23.7 Å². The van der Waals surface area contributed by atoms with Crippen LogP contribution < -0.4 is 0 Å². The van der Waals surface area contributed by atoms with Crippen LogP contribution in [0.1, 0.15) is 77.0 Å². The lowest BCUT2D eigenvalue weighted by Gasteiger charge is -2.53. The summed E-state index contributed by atoms with van der Waals surface area (Å²) in [6, 6.07) is 0. The van der Waals surface area contributed by atoms with Gasteiger partial charge >= 0.3 is 0 Å². The fourth-order valence-electron chi connectivity index (χ4n) is 7.99. The summed E-state index contributed by atoms with van der Waals surface area (Å²) in [4.78, 5) is 0. The van der Waals surface area contributed by atoms with Gasteiger partial charge in [-0.1, -0.05) is 32.1 Å². The average Bonchev–Trinajstić information content (AvgIpc) is 3.12. The largest absolute Gasteiger partial charge is 0.0528 e. The molecule has 0 aromatic rings. The van der Waals surface area contributed by atoms with Crippen molar-refractivity contribution in [2.45, 2.75) is 77.0 Å². The van der Waals surface area contributed by atoms with Crippen LogP contribution in [0, 0.1) is 47.3 Å². The molecule has 0 spiro atoms. The molecule has 0 saturated heterocycles. The summed E-state index contributed by atoms with van der Waals surface area (Å²) < 4.78 is 0. The van der Waals surface area contributed by atoms with Crippen LogP contribution in [0.3, 0.4) is 0 Å². The molecule has 0 amide bonds. The summed E-state index contributed by atoms with van der Waals surface area (Å²) in [5, 5.41) is 0. The van der Waals surface area contributed by atoms with Crippen LogP contribution in [0.15, 0.2) is 0 Å². The average molecular weight is 272 g/mol. The van der Waals surface area contributed by atoms with Crippen LogP contribution >= 0.6 is 0 Å². The van der Waals surface area contributed by atoms with E-state index < -0.39 is 0 Å². The van der Waals surface area contributed by atoms with Gasteiger partial charge in [-0.3, -0.25) is 0 Å². The van der Waals surface area contributed by atoms with Gasteiger partial charge in [-0.05, 0) is 92.3 Å². The highest BCUT2D eigenvalue weighted by Crippen LogP contribution is 2.60. The Labute approximate surface area is 125 Å². The van der Waals surface area contributed by atoms with Crippen molar-refractivity contribution in [3.05, 3.63) is 0 Å². The second-order valence-electron chi connectivity index (χ2n) is 9.18. The Morgan fingerprint density at radius 2 is 1.00 bits per heavy atom. The SMILES string of the molecule is C1CC2CC3CCC4C5CCCC5CCC4C3CC2C1. The Morgan fingerprint density at radius 3 is 1.90 bits per heavy atom. The van der Waals surface area contributed by atoms with Gasteiger partial charge in [-0.2, -0.15) is 0 Å². The van der Waals surface area contributed by atoms with Crippen molar-refractivity contribution in [1.29, 1.82) is 0 Å². The van der Waals surface area contributed by atoms with Gasteiger partial charge in [0.15, 0.2) is 0 Å². The molecule has 0 nitrogen and oxygen atoms in total. The van der Waals surface area contributed by atoms with E-state index in [1.165, 1.54) is 23.7 Å². The van der Waals surface area contributed by atoms with Crippen molar-refractivity contribution >= 4 is 0 Å². The van der Waals surface area contributed by atoms with Gasteiger partial charge in [0.1, 0.15) is 0 Å². The predicted octanol–water partition coefficient (Wildman–Crippen LogP) is 5.67. The summed E-state index contributed by atoms with van der Waals surface area (Å²) in [7, 11) is 0. The number of hydrogen-bond donors (Lipinski definition) is 0. The first-order valence-electron chi connectivity index (χ1n) is 9.90. The van der Waals surface area contributed by atoms with E-state index in [0.29, 0.717) is 0 Å². The van der Waals surface area contributed by atoms with E-state index in [2.05, 4.69) is 0 Å². The van der Waals surface area contributed by atoms with Crippen molar-refractivity contribution < 1.29 is 0 Å². The Bertz CT molecular complexity index is 372. The van der Waals surface area contributed by atoms with Crippen molar-refractivity contribution in [3.63, 3.8) is 0 Å². The Hall–Kier alpha value is 0. The lowest BCUT2D eigenvalue weighted by atomic mass is 9.52. The molecule has 0 aromatic heterocycles. The minimum absolute atomic E-state index is 1.16. The summed E-state index contributed by atoms with van der Waals surface area (Å²) >= 11 is 0. The third-order valence-corrected chi connectivity index (χ3v) is 8.71. The molecule has 112 valence electrons. The molecule has 5 saturated carbocycles. The molecule has 5 aliphatic carbocycles. The molecular weight excluding hydrogens is 240 g/mol. The molecule has 0 heterocycles. The lowest BCUT2D eigenvalue weighted by Crippen LogP contribution is -2.45. The van der Waals surface area contributed by atoms with Gasteiger partial charge in [0.25, 0.3) is 0 Å². The first-order valence-corrected chi connectivity index (χ1v) is 9.90. The highest BCUT2D eigenvalue weighted by molar-refractivity contribution is 5.01. The van der Waals surface area contributed by atoms with Crippen LogP contribution in [-0.4, -0.2) is 0 Å². The van der Waals surface area contributed by atoms with Crippen molar-refractivity contribution in [1.82, 2.24) is 0 Å². The Kier molecular flexibility index (Phi) is 2.98. The van der Waals surface area contributed by atoms with Gasteiger partial charge in [-0.15, -0.1) is 0 Å². The normalized spacial score (nSPS) is 57.6. The standard InChI is InChI=1S/C20H32/c1-4-14-11-16-8-10-18-17-6-2-3-13(17)7-9-19(18)20(16)12-15(14)5-1/h13-20H,1-12H2. The first kappa shape index (κ1) is 12.5. The number of rotatable bonds is 0. The van der Waals surface area contributed by atoms with Crippen molar-refractivity contribution in [3.8, 4) is 0 Å². The summed E-state index contributed by atoms with van der Waals surface area (Å²) in [5.41, 5.74) is 0. The maximum Gasteiger partial charge on any atom is -0.0352 e. The fraction of sp³-hybridized carbons (Fsp3) is 1.00. The molecule has 20 heavy (non-hydrogen) atoms. The summed E-state index contributed by atoms with van der Waals surface area (Å²) in [6.07, 6.45) is 19.3. The molecule has 5 aliphatic rings. The summed E-state index contributed by atoms with van der Waals surface area (Å²) in [6.45, 7) is 0. The fourth-order valence-corrected chi connectivity index (χ4v) is 7.99. The molecule has 0 heteroatoms. The Balaban J connectivity index is 1.38. The third kappa shape index (κ3) is 1.78. The molecule has 8 unspecified atom stereocenters. The van der Waals surface area contributed by atoms with Gasteiger partial charge in [0, 0.05) is 0 Å². The predicted molar refractivity (Wildman–Crippen MR) is 83.3 cm³/mol. The summed E-state index contributed by atoms with van der Waals surface area (Å²) in [5.74, 6) is 9.35. The van der Waals surface area contributed by atoms with Crippen LogP contribution in [0.4, 0.5) is 0 Å². The lowest BCUT2D eigenvalue weighted by molar-refractivity contribution is -0.0404. The van der Waals surface area contributed by atoms with Gasteiger partial charge in [-0.25, -0.2) is 0 Å². The molecular formula is C20H32. The highest BCUT2D eigenvalue weighted by atomic mass is 14.6. The topological polar surface area (TPSA) is 0 Å². The van der Waals surface area contributed by atoms with Gasteiger partial charge < -0.3 is 0 Å².